The van der Waals surface area contributed by atoms with Crippen molar-refractivity contribution in [3.63, 3.8) is 0 Å². The van der Waals surface area contributed by atoms with Gasteiger partial charge in [0.15, 0.2) is 0 Å². The van der Waals surface area contributed by atoms with Crippen LogP contribution in [0.25, 0.3) is 10.8 Å². The topological polar surface area (TPSA) is 76.3 Å². The summed E-state index contributed by atoms with van der Waals surface area (Å²) in [5.41, 5.74) is 5.28. The van der Waals surface area contributed by atoms with E-state index in [1.807, 2.05) is 37.3 Å². The molecule has 0 spiro atoms. The van der Waals surface area contributed by atoms with E-state index in [1.165, 1.54) is 0 Å². The maximum absolute atomic E-state index is 12.8. The zero-order valence-corrected chi connectivity index (χ0v) is 12.6. The second kappa shape index (κ2) is 5.40. The summed E-state index contributed by atoms with van der Waals surface area (Å²) < 4.78 is 0. The number of hydrogen-bond acceptors (Lipinski definition) is 3. The van der Waals surface area contributed by atoms with E-state index < -0.39 is 5.41 Å². The van der Waals surface area contributed by atoms with Crippen LogP contribution >= 0.6 is 0 Å². The number of nitrogens with two attached hydrogens (primary N) is 1. The van der Waals surface area contributed by atoms with Crippen molar-refractivity contribution < 1.29 is 9.59 Å². The minimum absolute atomic E-state index is 0.135. The number of carbonyl (C=O) groups is 2. The van der Waals surface area contributed by atoms with Crippen LogP contribution in [0, 0.1) is 5.41 Å². The smallest absolute Gasteiger partial charge is 0.273 e. The van der Waals surface area contributed by atoms with Crippen LogP contribution in [0.2, 0.25) is 0 Å². The van der Waals surface area contributed by atoms with Gasteiger partial charge in [0.05, 0.1) is 5.41 Å². The third-order valence-electron chi connectivity index (χ3n) is 4.45. The number of aromatic nitrogens is 1. The highest BCUT2D eigenvalue weighted by atomic mass is 16.2. The van der Waals surface area contributed by atoms with E-state index in [0.717, 1.165) is 23.6 Å². The number of hydrogen-bond donors (Lipinski definition) is 1. The first-order valence-corrected chi connectivity index (χ1v) is 7.44. The zero-order valence-electron chi connectivity index (χ0n) is 12.6. The van der Waals surface area contributed by atoms with Crippen LogP contribution in [0.5, 0.6) is 0 Å². The van der Waals surface area contributed by atoms with Gasteiger partial charge in [0, 0.05) is 24.7 Å². The summed E-state index contributed by atoms with van der Waals surface area (Å²) >= 11 is 0. The third kappa shape index (κ3) is 2.43. The Morgan fingerprint density at radius 1 is 1.27 bits per heavy atom. The van der Waals surface area contributed by atoms with E-state index in [-0.39, 0.29) is 11.8 Å². The molecule has 22 heavy (non-hydrogen) atoms. The van der Waals surface area contributed by atoms with Gasteiger partial charge in [-0.25, -0.2) is 0 Å². The van der Waals surface area contributed by atoms with Crippen molar-refractivity contribution in [3.05, 3.63) is 42.2 Å². The summed E-state index contributed by atoms with van der Waals surface area (Å²) in [5, 5.41) is 1.82. The standard InChI is InChI=1S/C17H19N3O2/c1-17(16(18)22)8-4-10-20(11-17)15(21)14-13-6-3-2-5-12(13)7-9-19-14/h2-3,5-7,9H,4,8,10-11H2,1H3,(H2,18,22). The lowest BCUT2D eigenvalue weighted by atomic mass is 9.81. The molecule has 2 aromatic rings. The van der Waals surface area contributed by atoms with Crippen LogP contribution in [0.15, 0.2) is 36.5 Å². The number of pyridine rings is 1. The summed E-state index contributed by atoms with van der Waals surface area (Å²) in [7, 11) is 0. The molecular weight excluding hydrogens is 278 g/mol. The molecule has 1 saturated heterocycles. The Morgan fingerprint density at radius 2 is 2.05 bits per heavy atom. The molecule has 0 saturated carbocycles. The molecule has 0 bridgehead atoms. The first-order chi connectivity index (χ1) is 10.5. The Bertz CT molecular complexity index is 738. The Balaban J connectivity index is 1.94. The number of piperidine rings is 1. The van der Waals surface area contributed by atoms with Gasteiger partial charge in [-0.2, -0.15) is 0 Å². The average Bonchev–Trinajstić information content (AvgIpc) is 2.53. The third-order valence-corrected chi connectivity index (χ3v) is 4.45. The largest absolute Gasteiger partial charge is 0.369 e. The number of fused-ring (bicyclic) bond motifs is 1. The summed E-state index contributed by atoms with van der Waals surface area (Å²) in [6, 6.07) is 9.56. The van der Waals surface area contributed by atoms with Crippen molar-refractivity contribution in [2.45, 2.75) is 19.8 Å². The monoisotopic (exact) mass is 297 g/mol. The predicted octanol–water partition coefficient (Wildman–Crippen LogP) is 1.96. The number of amides is 2. The molecule has 2 N–H and O–H groups in total. The molecule has 2 amide bonds. The van der Waals surface area contributed by atoms with Crippen LogP contribution in [0.4, 0.5) is 0 Å². The van der Waals surface area contributed by atoms with Crippen molar-refractivity contribution in [1.82, 2.24) is 9.88 Å². The Kier molecular flexibility index (Phi) is 3.56. The first-order valence-electron chi connectivity index (χ1n) is 7.44. The summed E-state index contributed by atoms with van der Waals surface area (Å²) in [4.78, 5) is 30.5. The van der Waals surface area contributed by atoms with E-state index >= 15 is 0 Å². The SMILES string of the molecule is CC1(C(N)=O)CCCN(C(=O)c2nccc3ccccc23)C1. The molecule has 0 aliphatic carbocycles. The van der Waals surface area contributed by atoms with Gasteiger partial charge in [0.2, 0.25) is 5.91 Å². The normalized spacial score (nSPS) is 21.8. The van der Waals surface area contributed by atoms with E-state index in [4.69, 9.17) is 5.73 Å². The van der Waals surface area contributed by atoms with E-state index in [0.29, 0.717) is 18.8 Å². The molecule has 1 aromatic heterocycles. The minimum Gasteiger partial charge on any atom is -0.369 e. The summed E-state index contributed by atoms with van der Waals surface area (Å²) in [6.07, 6.45) is 3.14. The first kappa shape index (κ1) is 14.5. The molecule has 114 valence electrons. The fraction of sp³-hybridized carbons (Fsp3) is 0.353. The molecule has 5 heteroatoms. The molecule has 1 aliphatic heterocycles. The number of rotatable bonds is 2. The number of benzene rings is 1. The fourth-order valence-electron chi connectivity index (χ4n) is 3.05. The summed E-state index contributed by atoms with van der Waals surface area (Å²) in [5.74, 6) is -0.486. The number of primary amides is 1. The van der Waals surface area contributed by atoms with Gasteiger partial charge in [-0.3, -0.25) is 14.6 Å². The van der Waals surface area contributed by atoms with Gasteiger partial charge in [-0.05, 0) is 31.2 Å². The van der Waals surface area contributed by atoms with Crippen LogP contribution in [0.1, 0.15) is 30.3 Å². The molecule has 2 heterocycles. The number of likely N-dealkylation sites (tertiary alicyclic amines) is 1. The lowest BCUT2D eigenvalue weighted by Crippen LogP contribution is -2.50. The van der Waals surface area contributed by atoms with Gasteiger partial charge in [-0.1, -0.05) is 24.3 Å². The molecular formula is C17H19N3O2. The molecule has 1 unspecified atom stereocenters. The highest BCUT2D eigenvalue weighted by molar-refractivity contribution is 6.05. The highest BCUT2D eigenvalue weighted by Crippen LogP contribution is 2.30. The van der Waals surface area contributed by atoms with E-state index in [2.05, 4.69) is 4.98 Å². The molecule has 1 atom stereocenters. The molecule has 1 aromatic carbocycles. The summed E-state index contributed by atoms with van der Waals surface area (Å²) in [6.45, 7) is 2.81. The lowest BCUT2D eigenvalue weighted by Gasteiger charge is -2.38. The Labute approximate surface area is 129 Å². The van der Waals surface area contributed by atoms with E-state index in [1.54, 1.807) is 11.1 Å². The van der Waals surface area contributed by atoms with Gasteiger partial charge < -0.3 is 10.6 Å². The van der Waals surface area contributed by atoms with Crippen LogP contribution < -0.4 is 5.73 Å². The van der Waals surface area contributed by atoms with Crippen LogP contribution in [0.3, 0.4) is 0 Å². The van der Waals surface area contributed by atoms with Crippen molar-refractivity contribution in [2.24, 2.45) is 11.1 Å². The second-order valence-electron chi connectivity index (χ2n) is 6.14. The predicted molar refractivity (Wildman–Crippen MR) is 84.2 cm³/mol. The van der Waals surface area contributed by atoms with Gasteiger partial charge in [0.25, 0.3) is 5.91 Å². The maximum atomic E-state index is 12.8. The molecule has 1 aliphatic rings. The fourth-order valence-corrected chi connectivity index (χ4v) is 3.05. The molecule has 3 rings (SSSR count). The van der Waals surface area contributed by atoms with Crippen LogP contribution in [-0.2, 0) is 4.79 Å². The lowest BCUT2D eigenvalue weighted by molar-refractivity contribution is -0.129. The van der Waals surface area contributed by atoms with Crippen molar-refractivity contribution in [1.29, 1.82) is 0 Å². The van der Waals surface area contributed by atoms with Crippen molar-refractivity contribution in [3.8, 4) is 0 Å². The van der Waals surface area contributed by atoms with E-state index in [9.17, 15) is 9.59 Å². The van der Waals surface area contributed by atoms with Gasteiger partial charge in [-0.15, -0.1) is 0 Å². The highest BCUT2D eigenvalue weighted by Gasteiger charge is 2.38. The van der Waals surface area contributed by atoms with Gasteiger partial charge in [0.1, 0.15) is 5.69 Å². The average molecular weight is 297 g/mol. The quantitative estimate of drug-likeness (QED) is 0.920. The molecule has 5 nitrogen and oxygen atoms in total. The number of nitrogens with zero attached hydrogens (tertiary/aromatic N) is 2. The molecule has 1 fully saturated rings. The second-order valence-corrected chi connectivity index (χ2v) is 6.14. The maximum Gasteiger partial charge on any atom is 0.273 e. The van der Waals surface area contributed by atoms with Gasteiger partial charge >= 0.3 is 0 Å². The van der Waals surface area contributed by atoms with Crippen molar-refractivity contribution >= 4 is 22.6 Å². The van der Waals surface area contributed by atoms with Crippen molar-refractivity contribution in [2.75, 3.05) is 13.1 Å². The Hall–Kier alpha value is -2.43. The zero-order chi connectivity index (χ0) is 15.7. The number of carbonyl (C=O) groups excluding carboxylic acids is 2. The van der Waals surface area contributed by atoms with Crippen LogP contribution in [-0.4, -0.2) is 34.8 Å². The Morgan fingerprint density at radius 3 is 2.82 bits per heavy atom. The molecule has 0 radical (unpaired) electrons. The minimum atomic E-state index is -0.654.